The van der Waals surface area contributed by atoms with Crippen molar-refractivity contribution in [3.8, 4) is 5.75 Å². The lowest BCUT2D eigenvalue weighted by Crippen LogP contribution is -2.09. The summed E-state index contributed by atoms with van der Waals surface area (Å²) in [4.78, 5) is 32.2. The average molecular weight is 335 g/mol. The molecular weight excluding hydrogens is 318 g/mol. The predicted molar refractivity (Wildman–Crippen MR) is 94.7 cm³/mol. The molecular formula is C19H17N3O3. The molecule has 3 aromatic rings. The highest BCUT2D eigenvalue weighted by Crippen LogP contribution is 2.19. The van der Waals surface area contributed by atoms with Crippen LogP contribution in [0.3, 0.4) is 0 Å². The van der Waals surface area contributed by atoms with Gasteiger partial charge in [-0.25, -0.2) is 14.8 Å². The number of nitrogens with zero attached hydrogens (tertiary/aromatic N) is 2. The van der Waals surface area contributed by atoms with Crippen molar-refractivity contribution >= 4 is 28.6 Å². The standard InChI is InChI=1S/C19H17N3O3/c1-11-12(2)21-18-10-14(4-9-17(18)20-11)19(24)25-16-7-5-15(6-8-16)22-13(3)23/h4-10H,1-3H3,(H,22,23). The summed E-state index contributed by atoms with van der Waals surface area (Å²) in [5.41, 5.74) is 4.11. The first kappa shape index (κ1) is 16.6. The molecule has 1 amide bonds. The molecule has 3 rings (SSSR count). The van der Waals surface area contributed by atoms with Crippen molar-refractivity contribution in [2.45, 2.75) is 20.8 Å². The minimum absolute atomic E-state index is 0.160. The molecule has 0 bridgehead atoms. The molecule has 126 valence electrons. The highest BCUT2D eigenvalue weighted by Gasteiger charge is 2.11. The number of aromatic nitrogens is 2. The molecule has 0 saturated heterocycles. The Labute approximate surface area is 144 Å². The van der Waals surface area contributed by atoms with Crippen LogP contribution in [0, 0.1) is 13.8 Å². The first-order valence-electron chi connectivity index (χ1n) is 7.77. The van der Waals surface area contributed by atoms with E-state index in [-0.39, 0.29) is 5.91 Å². The number of amides is 1. The lowest BCUT2D eigenvalue weighted by Gasteiger charge is -2.07. The highest BCUT2D eigenvalue weighted by molar-refractivity contribution is 5.95. The number of fused-ring (bicyclic) bond motifs is 1. The topological polar surface area (TPSA) is 81.2 Å². The summed E-state index contributed by atoms with van der Waals surface area (Å²) in [6.07, 6.45) is 0. The second kappa shape index (κ2) is 6.68. The number of rotatable bonds is 3. The Kier molecular flexibility index (Phi) is 4.43. The monoisotopic (exact) mass is 335 g/mol. The van der Waals surface area contributed by atoms with Gasteiger partial charge in [0.05, 0.1) is 28.0 Å². The fourth-order valence-corrected chi connectivity index (χ4v) is 2.33. The molecule has 0 spiro atoms. The summed E-state index contributed by atoms with van der Waals surface area (Å²) >= 11 is 0. The zero-order valence-corrected chi connectivity index (χ0v) is 14.2. The van der Waals surface area contributed by atoms with Crippen LogP contribution < -0.4 is 10.1 Å². The smallest absolute Gasteiger partial charge is 0.343 e. The minimum Gasteiger partial charge on any atom is -0.423 e. The zero-order valence-electron chi connectivity index (χ0n) is 14.2. The van der Waals surface area contributed by atoms with E-state index in [0.717, 1.165) is 16.9 Å². The van der Waals surface area contributed by atoms with Crippen LogP contribution in [0.25, 0.3) is 11.0 Å². The molecule has 1 N–H and O–H groups in total. The van der Waals surface area contributed by atoms with E-state index in [1.807, 2.05) is 13.8 Å². The number of anilines is 1. The van der Waals surface area contributed by atoms with Crippen molar-refractivity contribution in [2.24, 2.45) is 0 Å². The third-order valence-corrected chi connectivity index (χ3v) is 3.70. The maximum atomic E-state index is 12.3. The fourth-order valence-electron chi connectivity index (χ4n) is 2.33. The third-order valence-electron chi connectivity index (χ3n) is 3.70. The molecule has 0 aliphatic rings. The van der Waals surface area contributed by atoms with Gasteiger partial charge in [0.15, 0.2) is 0 Å². The number of aryl methyl sites for hydroxylation is 2. The maximum absolute atomic E-state index is 12.3. The molecule has 25 heavy (non-hydrogen) atoms. The molecule has 0 radical (unpaired) electrons. The van der Waals surface area contributed by atoms with Crippen LogP contribution in [0.5, 0.6) is 5.75 Å². The lowest BCUT2D eigenvalue weighted by atomic mass is 10.2. The quantitative estimate of drug-likeness (QED) is 0.586. The number of hydrogen-bond acceptors (Lipinski definition) is 5. The van der Waals surface area contributed by atoms with Crippen LogP contribution in [-0.2, 0) is 4.79 Å². The van der Waals surface area contributed by atoms with E-state index in [1.165, 1.54) is 6.92 Å². The van der Waals surface area contributed by atoms with Gasteiger partial charge in [0.2, 0.25) is 5.91 Å². The average Bonchev–Trinajstić information content (AvgIpc) is 2.57. The predicted octanol–water partition coefficient (Wildman–Crippen LogP) is 3.42. The zero-order chi connectivity index (χ0) is 18.0. The van der Waals surface area contributed by atoms with Crippen molar-refractivity contribution in [2.75, 3.05) is 5.32 Å². The van der Waals surface area contributed by atoms with E-state index < -0.39 is 5.97 Å². The van der Waals surface area contributed by atoms with Gasteiger partial charge < -0.3 is 10.1 Å². The summed E-state index contributed by atoms with van der Waals surface area (Å²) in [5, 5.41) is 2.65. The van der Waals surface area contributed by atoms with Crippen LogP contribution >= 0.6 is 0 Å². The van der Waals surface area contributed by atoms with E-state index in [1.54, 1.807) is 42.5 Å². The third kappa shape index (κ3) is 3.80. The van der Waals surface area contributed by atoms with Crippen LogP contribution in [0.15, 0.2) is 42.5 Å². The molecule has 0 aliphatic carbocycles. The SMILES string of the molecule is CC(=O)Nc1ccc(OC(=O)c2ccc3nc(C)c(C)nc3c2)cc1. The summed E-state index contributed by atoms with van der Waals surface area (Å²) in [7, 11) is 0. The van der Waals surface area contributed by atoms with E-state index >= 15 is 0 Å². The maximum Gasteiger partial charge on any atom is 0.343 e. The van der Waals surface area contributed by atoms with Crippen LogP contribution in [-0.4, -0.2) is 21.8 Å². The normalized spacial score (nSPS) is 10.5. The van der Waals surface area contributed by atoms with Gasteiger partial charge in [-0.3, -0.25) is 4.79 Å². The Balaban J connectivity index is 1.79. The van der Waals surface area contributed by atoms with Crippen molar-refractivity contribution < 1.29 is 14.3 Å². The minimum atomic E-state index is -0.478. The van der Waals surface area contributed by atoms with Gasteiger partial charge in [0.1, 0.15) is 5.75 Å². The number of ether oxygens (including phenoxy) is 1. The van der Waals surface area contributed by atoms with Crippen molar-refractivity contribution in [1.82, 2.24) is 9.97 Å². The molecule has 0 unspecified atom stereocenters. The van der Waals surface area contributed by atoms with E-state index in [2.05, 4.69) is 15.3 Å². The Morgan fingerprint density at radius 3 is 2.20 bits per heavy atom. The van der Waals surface area contributed by atoms with Gasteiger partial charge in [0, 0.05) is 12.6 Å². The molecule has 0 aliphatic heterocycles. The Morgan fingerprint density at radius 2 is 1.56 bits per heavy atom. The molecule has 2 aromatic carbocycles. The highest BCUT2D eigenvalue weighted by atomic mass is 16.5. The molecule has 0 fully saturated rings. The van der Waals surface area contributed by atoms with Crippen LogP contribution in [0.1, 0.15) is 28.7 Å². The fraction of sp³-hybridized carbons (Fsp3) is 0.158. The van der Waals surface area contributed by atoms with E-state index in [0.29, 0.717) is 22.5 Å². The number of hydrogen-bond donors (Lipinski definition) is 1. The molecule has 6 heteroatoms. The number of nitrogens with one attached hydrogen (secondary N) is 1. The van der Waals surface area contributed by atoms with Crippen LogP contribution in [0.4, 0.5) is 5.69 Å². The molecule has 1 aromatic heterocycles. The summed E-state index contributed by atoms with van der Waals surface area (Å²) in [5.74, 6) is -0.243. The van der Waals surface area contributed by atoms with Crippen molar-refractivity contribution in [3.63, 3.8) is 0 Å². The number of carbonyl (C=O) groups is 2. The molecule has 6 nitrogen and oxygen atoms in total. The number of carbonyl (C=O) groups excluding carboxylic acids is 2. The van der Waals surface area contributed by atoms with Gasteiger partial charge in [-0.2, -0.15) is 0 Å². The summed E-state index contributed by atoms with van der Waals surface area (Å²) in [6.45, 7) is 5.21. The molecule has 0 atom stereocenters. The van der Waals surface area contributed by atoms with Gasteiger partial charge in [-0.1, -0.05) is 0 Å². The Bertz CT molecular complexity index is 966. The van der Waals surface area contributed by atoms with Crippen LogP contribution in [0.2, 0.25) is 0 Å². The first-order valence-corrected chi connectivity index (χ1v) is 7.77. The second-order valence-electron chi connectivity index (χ2n) is 5.69. The first-order chi connectivity index (χ1) is 11.9. The molecule has 0 saturated carbocycles. The largest absolute Gasteiger partial charge is 0.423 e. The number of esters is 1. The Hall–Kier alpha value is -3.28. The van der Waals surface area contributed by atoms with Crippen molar-refractivity contribution in [3.05, 3.63) is 59.4 Å². The second-order valence-corrected chi connectivity index (χ2v) is 5.69. The molecule has 1 heterocycles. The van der Waals surface area contributed by atoms with Crippen molar-refractivity contribution in [1.29, 1.82) is 0 Å². The lowest BCUT2D eigenvalue weighted by molar-refractivity contribution is -0.114. The summed E-state index contributed by atoms with van der Waals surface area (Å²) < 4.78 is 5.36. The van der Waals surface area contributed by atoms with Gasteiger partial charge in [-0.15, -0.1) is 0 Å². The van der Waals surface area contributed by atoms with Gasteiger partial charge in [0.25, 0.3) is 0 Å². The Morgan fingerprint density at radius 1 is 0.920 bits per heavy atom. The van der Waals surface area contributed by atoms with E-state index in [9.17, 15) is 9.59 Å². The number of benzene rings is 2. The van der Waals surface area contributed by atoms with Gasteiger partial charge >= 0.3 is 5.97 Å². The van der Waals surface area contributed by atoms with E-state index in [4.69, 9.17) is 4.74 Å². The summed E-state index contributed by atoms with van der Waals surface area (Å²) in [6, 6.07) is 11.7. The van der Waals surface area contributed by atoms with Gasteiger partial charge in [-0.05, 0) is 56.3 Å².